The van der Waals surface area contributed by atoms with E-state index in [0.717, 1.165) is 11.1 Å². The highest BCUT2D eigenvalue weighted by atomic mass is 16.2. The van der Waals surface area contributed by atoms with Gasteiger partial charge in [0.25, 0.3) is 11.8 Å². The number of anilines is 1. The summed E-state index contributed by atoms with van der Waals surface area (Å²) in [5.74, 6) is -0.348. The molecule has 29 heavy (non-hydrogen) atoms. The van der Waals surface area contributed by atoms with Crippen LogP contribution in [0.4, 0.5) is 5.69 Å². The zero-order valence-electron chi connectivity index (χ0n) is 16.0. The van der Waals surface area contributed by atoms with Crippen LogP contribution in [0.15, 0.2) is 60.8 Å². The molecule has 1 aliphatic rings. The van der Waals surface area contributed by atoms with Crippen LogP contribution in [0, 0.1) is 0 Å². The first-order chi connectivity index (χ1) is 14.1. The van der Waals surface area contributed by atoms with Gasteiger partial charge in [-0.3, -0.25) is 14.7 Å². The molecule has 1 N–H and O–H groups in total. The first kappa shape index (κ1) is 17.3. The Morgan fingerprint density at radius 3 is 2.34 bits per heavy atom. The van der Waals surface area contributed by atoms with Crippen molar-refractivity contribution in [2.75, 3.05) is 4.90 Å². The molecule has 0 aliphatic carbocycles. The van der Waals surface area contributed by atoms with Crippen molar-refractivity contribution in [1.82, 2.24) is 15.2 Å². The first-order valence-electron chi connectivity index (χ1n) is 9.47. The summed E-state index contributed by atoms with van der Waals surface area (Å²) in [5, 5.41) is 7.79. The third kappa shape index (κ3) is 2.56. The van der Waals surface area contributed by atoms with Gasteiger partial charge in [-0.25, -0.2) is 9.88 Å². The van der Waals surface area contributed by atoms with Gasteiger partial charge in [0, 0.05) is 11.8 Å². The van der Waals surface area contributed by atoms with Crippen LogP contribution in [0.3, 0.4) is 0 Å². The fourth-order valence-electron chi connectivity index (χ4n) is 3.75. The lowest BCUT2D eigenvalue weighted by molar-refractivity contribution is 0.0926. The summed E-state index contributed by atoms with van der Waals surface area (Å²) in [4.78, 5) is 32.0. The van der Waals surface area contributed by atoms with Crippen molar-refractivity contribution >= 4 is 28.5 Å². The van der Waals surface area contributed by atoms with Crippen molar-refractivity contribution in [2.24, 2.45) is 0 Å². The van der Waals surface area contributed by atoms with E-state index >= 15 is 0 Å². The maximum absolute atomic E-state index is 13.4. The largest absolute Gasteiger partial charge is 0.275 e. The van der Waals surface area contributed by atoms with Crippen LogP contribution in [0.2, 0.25) is 0 Å². The molecule has 0 saturated heterocycles. The van der Waals surface area contributed by atoms with Crippen molar-refractivity contribution in [2.45, 2.75) is 19.8 Å². The number of rotatable bonds is 3. The molecule has 0 fully saturated rings. The Kier molecular flexibility index (Phi) is 3.81. The minimum atomic E-state index is -0.364. The SMILES string of the molecule is CC(C)c1ccc(N2C(=O)c3cnc4n[nH]c(-c5ccccc5)c4c3C2=O)cc1. The van der Waals surface area contributed by atoms with Crippen molar-refractivity contribution < 1.29 is 9.59 Å². The van der Waals surface area contributed by atoms with Gasteiger partial charge >= 0.3 is 0 Å². The number of hydrogen-bond acceptors (Lipinski definition) is 4. The Bertz CT molecular complexity index is 1260. The second-order valence-corrected chi connectivity index (χ2v) is 7.40. The Morgan fingerprint density at radius 1 is 0.931 bits per heavy atom. The number of pyridine rings is 1. The third-order valence-electron chi connectivity index (χ3n) is 5.31. The van der Waals surface area contributed by atoms with Gasteiger partial charge in [0.05, 0.1) is 27.9 Å². The van der Waals surface area contributed by atoms with Crippen molar-refractivity contribution in [3.63, 3.8) is 0 Å². The molecule has 2 amide bonds. The number of aromatic amines is 1. The predicted octanol–water partition coefficient (Wildman–Crippen LogP) is 4.55. The van der Waals surface area contributed by atoms with Crippen molar-refractivity contribution in [3.05, 3.63) is 77.5 Å². The van der Waals surface area contributed by atoms with Crippen molar-refractivity contribution in [3.8, 4) is 11.3 Å². The van der Waals surface area contributed by atoms with Crippen LogP contribution < -0.4 is 4.90 Å². The average Bonchev–Trinajstić information content (AvgIpc) is 3.28. The van der Waals surface area contributed by atoms with Crippen LogP contribution in [0.25, 0.3) is 22.3 Å². The maximum Gasteiger partial charge on any atom is 0.267 e. The molecular weight excluding hydrogens is 364 g/mol. The fourth-order valence-corrected chi connectivity index (χ4v) is 3.75. The molecule has 0 saturated carbocycles. The molecule has 0 radical (unpaired) electrons. The number of H-pyrrole nitrogens is 1. The summed E-state index contributed by atoms with van der Waals surface area (Å²) in [7, 11) is 0. The normalized spacial score (nSPS) is 13.6. The monoisotopic (exact) mass is 382 g/mol. The Balaban J connectivity index is 1.67. The number of hydrogen-bond donors (Lipinski definition) is 1. The van der Waals surface area contributed by atoms with Gasteiger partial charge in [-0.05, 0) is 23.6 Å². The smallest absolute Gasteiger partial charge is 0.267 e. The molecule has 1 aliphatic heterocycles. The Labute approximate surface area is 167 Å². The predicted molar refractivity (Wildman–Crippen MR) is 111 cm³/mol. The number of carbonyl (C=O) groups excluding carboxylic acids is 2. The summed E-state index contributed by atoms with van der Waals surface area (Å²) in [6.45, 7) is 4.20. The van der Waals surface area contributed by atoms with E-state index in [1.807, 2.05) is 54.6 Å². The Hall–Kier alpha value is -3.80. The van der Waals surface area contributed by atoms with E-state index in [9.17, 15) is 9.59 Å². The van der Waals surface area contributed by atoms with Crippen LogP contribution in [-0.2, 0) is 0 Å². The molecule has 0 unspecified atom stereocenters. The van der Waals surface area contributed by atoms with Gasteiger partial charge in [-0.1, -0.05) is 56.3 Å². The molecular formula is C23H18N4O2. The molecule has 0 atom stereocenters. The molecule has 2 aromatic heterocycles. The zero-order valence-corrected chi connectivity index (χ0v) is 16.0. The number of fused-ring (bicyclic) bond motifs is 3. The number of imide groups is 1. The van der Waals surface area contributed by atoms with E-state index in [2.05, 4.69) is 29.0 Å². The average molecular weight is 382 g/mol. The molecule has 0 bridgehead atoms. The number of nitrogens with zero attached hydrogens (tertiary/aromatic N) is 3. The van der Waals surface area contributed by atoms with Gasteiger partial charge in [-0.2, -0.15) is 5.10 Å². The molecule has 2 aromatic carbocycles. The van der Waals surface area contributed by atoms with E-state index < -0.39 is 0 Å². The number of benzene rings is 2. The van der Waals surface area contributed by atoms with Gasteiger partial charge in [0.15, 0.2) is 5.65 Å². The zero-order chi connectivity index (χ0) is 20.1. The van der Waals surface area contributed by atoms with Crippen LogP contribution in [0.5, 0.6) is 0 Å². The van der Waals surface area contributed by atoms with Crippen LogP contribution in [-0.4, -0.2) is 27.0 Å². The highest BCUT2D eigenvalue weighted by Gasteiger charge is 2.40. The minimum absolute atomic E-state index is 0.300. The summed E-state index contributed by atoms with van der Waals surface area (Å²) in [6, 6.07) is 17.1. The standard InChI is InChI=1S/C23H18N4O2/c1-13(2)14-8-10-16(11-9-14)27-22(28)17-12-24-21-19(18(17)23(27)29)20(25-26-21)15-6-4-3-5-7-15/h3-13H,1-2H3,(H,24,25,26). The van der Waals surface area contributed by atoms with Crippen molar-refractivity contribution in [1.29, 1.82) is 0 Å². The maximum atomic E-state index is 13.4. The van der Waals surface area contributed by atoms with Gasteiger partial charge < -0.3 is 0 Å². The molecule has 6 nitrogen and oxygen atoms in total. The summed E-state index contributed by atoms with van der Waals surface area (Å²) in [5.41, 5.74) is 4.33. The lowest BCUT2D eigenvalue weighted by atomic mass is 10.0. The number of aromatic nitrogens is 3. The Morgan fingerprint density at radius 2 is 1.66 bits per heavy atom. The number of amides is 2. The van der Waals surface area contributed by atoms with Gasteiger partial charge in [0.1, 0.15) is 0 Å². The summed E-state index contributed by atoms with van der Waals surface area (Å²) >= 11 is 0. The van der Waals surface area contributed by atoms with E-state index in [-0.39, 0.29) is 11.8 Å². The molecule has 142 valence electrons. The quantitative estimate of drug-likeness (QED) is 0.527. The summed E-state index contributed by atoms with van der Waals surface area (Å²) < 4.78 is 0. The molecule has 6 heteroatoms. The van der Waals surface area contributed by atoms with Crippen LogP contribution >= 0.6 is 0 Å². The summed E-state index contributed by atoms with van der Waals surface area (Å²) in [6.07, 6.45) is 1.44. The van der Waals surface area contributed by atoms with Crippen LogP contribution in [0.1, 0.15) is 46.0 Å². The van der Waals surface area contributed by atoms with E-state index in [0.29, 0.717) is 39.5 Å². The molecule has 4 aromatic rings. The van der Waals surface area contributed by atoms with E-state index in [4.69, 9.17) is 0 Å². The molecule has 5 rings (SSSR count). The van der Waals surface area contributed by atoms with E-state index in [1.54, 1.807) is 0 Å². The second kappa shape index (κ2) is 6.38. The lowest BCUT2D eigenvalue weighted by Gasteiger charge is -2.15. The minimum Gasteiger partial charge on any atom is -0.275 e. The lowest BCUT2D eigenvalue weighted by Crippen LogP contribution is -2.29. The van der Waals surface area contributed by atoms with E-state index in [1.165, 1.54) is 11.1 Å². The molecule has 0 spiro atoms. The highest BCUT2D eigenvalue weighted by molar-refractivity contribution is 6.38. The number of nitrogens with one attached hydrogen (secondary N) is 1. The second-order valence-electron chi connectivity index (χ2n) is 7.40. The van der Waals surface area contributed by atoms with Gasteiger partial charge in [0.2, 0.25) is 0 Å². The highest BCUT2D eigenvalue weighted by Crippen LogP contribution is 2.36. The van der Waals surface area contributed by atoms with Gasteiger partial charge in [-0.15, -0.1) is 0 Å². The number of carbonyl (C=O) groups is 2. The first-order valence-corrected chi connectivity index (χ1v) is 9.47. The third-order valence-corrected chi connectivity index (χ3v) is 5.31. The molecule has 3 heterocycles. The topological polar surface area (TPSA) is 79.0 Å². The fraction of sp³-hybridized carbons (Fsp3) is 0.130.